The molecule has 1 rings (SSSR count). The normalized spacial score (nSPS) is 25.6. The van der Waals surface area contributed by atoms with Crippen molar-refractivity contribution in [3.8, 4) is 6.07 Å². The highest BCUT2D eigenvalue weighted by Gasteiger charge is 2.21. The molecule has 0 saturated carbocycles. The molecule has 13 heavy (non-hydrogen) atoms. The first-order chi connectivity index (χ1) is 6.27. The Labute approximate surface area is 87.9 Å². The van der Waals surface area contributed by atoms with Gasteiger partial charge in [-0.1, -0.05) is 23.2 Å². The Morgan fingerprint density at radius 1 is 1.77 bits per heavy atom. The Morgan fingerprint density at radius 2 is 2.54 bits per heavy atom. The van der Waals surface area contributed by atoms with Crippen LogP contribution in [0.4, 0.5) is 0 Å². The van der Waals surface area contributed by atoms with E-state index in [1.54, 1.807) is 0 Å². The van der Waals surface area contributed by atoms with Crippen molar-refractivity contribution >= 4 is 23.2 Å². The number of hydrogen-bond donors (Lipinski definition) is 1. The van der Waals surface area contributed by atoms with Gasteiger partial charge in [-0.2, -0.15) is 5.26 Å². The van der Waals surface area contributed by atoms with E-state index in [-0.39, 0.29) is 6.04 Å². The first-order valence-electron chi connectivity index (χ1n) is 4.07. The quantitative estimate of drug-likeness (QED) is 0.757. The summed E-state index contributed by atoms with van der Waals surface area (Å²) in [6.45, 7) is 2.98. The summed E-state index contributed by atoms with van der Waals surface area (Å²) in [5.41, 5.74) is 1.35. The SMILES string of the molecule is N#CC1CNCCN1C/C(Cl)=C\Cl. The van der Waals surface area contributed by atoms with Gasteiger partial charge in [0.2, 0.25) is 0 Å². The third-order valence-electron chi connectivity index (χ3n) is 1.98. The first-order valence-corrected chi connectivity index (χ1v) is 4.88. The average Bonchev–Trinajstić information content (AvgIpc) is 2.18. The zero-order valence-electron chi connectivity index (χ0n) is 7.13. The fourth-order valence-corrected chi connectivity index (χ4v) is 1.51. The van der Waals surface area contributed by atoms with Crippen LogP contribution in [0, 0.1) is 11.3 Å². The van der Waals surface area contributed by atoms with E-state index >= 15 is 0 Å². The van der Waals surface area contributed by atoms with Crippen LogP contribution in [0.3, 0.4) is 0 Å². The van der Waals surface area contributed by atoms with Crippen LogP contribution < -0.4 is 5.32 Å². The number of nitrogens with one attached hydrogen (secondary N) is 1. The van der Waals surface area contributed by atoms with E-state index in [9.17, 15) is 0 Å². The van der Waals surface area contributed by atoms with E-state index in [0.29, 0.717) is 18.1 Å². The molecular weight excluding hydrogens is 209 g/mol. The topological polar surface area (TPSA) is 39.1 Å². The maximum atomic E-state index is 8.82. The summed E-state index contributed by atoms with van der Waals surface area (Å²) in [7, 11) is 0. The minimum Gasteiger partial charge on any atom is -0.313 e. The second-order valence-corrected chi connectivity index (χ2v) is 3.58. The number of hydrogen-bond acceptors (Lipinski definition) is 3. The third-order valence-corrected chi connectivity index (χ3v) is 2.58. The predicted molar refractivity (Wildman–Crippen MR) is 53.6 cm³/mol. The standard InChI is InChI=1S/C8H11Cl2N3/c9-3-7(10)6-13-2-1-12-5-8(13)4-11/h3,8,12H,1-2,5-6H2/b7-3+. The lowest BCUT2D eigenvalue weighted by Crippen LogP contribution is -2.50. The molecule has 0 bridgehead atoms. The van der Waals surface area contributed by atoms with E-state index in [2.05, 4.69) is 11.4 Å². The van der Waals surface area contributed by atoms with Crippen molar-refractivity contribution in [2.75, 3.05) is 26.2 Å². The van der Waals surface area contributed by atoms with Gasteiger partial charge in [0.1, 0.15) is 6.04 Å². The van der Waals surface area contributed by atoms with Gasteiger partial charge in [-0.05, 0) is 0 Å². The Balaban J connectivity index is 2.51. The molecular formula is C8H11Cl2N3. The van der Waals surface area contributed by atoms with E-state index in [1.165, 1.54) is 5.54 Å². The Bertz CT molecular complexity index is 234. The van der Waals surface area contributed by atoms with E-state index < -0.39 is 0 Å². The van der Waals surface area contributed by atoms with Gasteiger partial charge >= 0.3 is 0 Å². The average molecular weight is 220 g/mol. The van der Waals surface area contributed by atoms with Crippen LogP contribution in [-0.4, -0.2) is 37.1 Å². The van der Waals surface area contributed by atoms with Gasteiger partial charge in [0.15, 0.2) is 0 Å². The van der Waals surface area contributed by atoms with E-state index in [0.717, 1.165) is 13.1 Å². The van der Waals surface area contributed by atoms with Crippen LogP contribution in [0.25, 0.3) is 0 Å². The van der Waals surface area contributed by atoms with Gasteiger partial charge in [0.25, 0.3) is 0 Å². The molecule has 1 saturated heterocycles. The second kappa shape index (κ2) is 5.46. The molecule has 1 atom stereocenters. The van der Waals surface area contributed by atoms with Crippen LogP contribution in [-0.2, 0) is 0 Å². The molecule has 0 amide bonds. The molecule has 1 N–H and O–H groups in total. The number of piperazine rings is 1. The summed E-state index contributed by atoms with van der Waals surface area (Å²) in [6.07, 6.45) is 0. The fourth-order valence-electron chi connectivity index (χ4n) is 1.29. The third kappa shape index (κ3) is 3.17. The Kier molecular flexibility index (Phi) is 4.54. The highest BCUT2D eigenvalue weighted by molar-refractivity contribution is 6.36. The minimum absolute atomic E-state index is 0.0980. The van der Waals surface area contributed by atoms with E-state index in [1.807, 2.05) is 4.90 Å². The first kappa shape index (κ1) is 10.8. The number of halogens is 2. The smallest absolute Gasteiger partial charge is 0.111 e. The molecule has 1 heterocycles. The molecule has 1 aliphatic rings. The molecule has 3 nitrogen and oxygen atoms in total. The van der Waals surface area contributed by atoms with Crippen molar-refractivity contribution in [2.45, 2.75) is 6.04 Å². The van der Waals surface area contributed by atoms with Crippen molar-refractivity contribution in [3.63, 3.8) is 0 Å². The lowest BCUT2D eigenvalue weighted by atomic mass is 10.2. The van der Waals surface area contributed by atoms with Crippen molar-refractivity contribution in [2.24, 2.45) is 0 Å². The molecule has 1 aliphatic heterocycles. The van der Waals surface area contributed by atoms with Gasteiger partial charge in [-0.15, -0.1) is 0 Å². The summed E-state index contributed by atoms with van der Waals surface area (Å²) in [4.78, 5) is 2.01. The monoisotopic (exact) mass is 219 g/mol. The van der Waals surface area contributed by atoms with Crippen LogP contribution in [0.2, 0.25) is 0 Å². The lowest BCUT2D eigenvalue weighted by Gasteiger charge is -2.31. The fraction of sp³-hybridized carbons (Fsp3) is 0.625. The predicted octanol–water partition coefficient (Wildman–Crippen LogP) is 1.10. The molecule has 1 unspecified atom stereocenters. The van der Waals surface area contributed by atoms with Crippen molar-refractivity contribution < 1.29 is 0 Å². The number of rotatable bonds is 2. The Hall–Kier alpha value is -0.270. The highest BCUT2D eigenvalue weighted by Crippen LogP contribution is 2.10. The van der Waals surface area contributed by atoms with Crippen molar-refractivity contribution in [3.05, 3.63) is 10.6 Å². The zero-order chi connectivity index (χ0) is 9.68. The van der Waals surface area contributed by atoms with Crippen molar-refractivity contribution in [1.29, 1.82) is 5.26 Å². The van der Waals surface area contributed by atoms with Gasteiger partial charge in [-0.3, -0.25) is 4.90 Å². The molecule has 0 aromatic rings. The summed E-state index contributed by atoms with van der Waals surface area (Å²) in [6, 6.07) is 2.12. The van der Waals surface area contributed by atoms with Gasteiger partial charge in [0, 0.05) is 36.7 Å². The number of nitrogens with zero attached hydrogens (tertiary/aromatic N) is 2. The summed E-state index contributed by atoms with van der Waals surface area (Å²) < 4.78 is 0. The number of nitriles is 1. The van der Waals surface area contributed by atoms with Crippen LogP contribution in [0.1, 0.15) is 0 Å². The highest BCUT2D eigenvalue weighted by atomic mass is 35.5. The largest absolute Gasteiger partial charge is 0.313 e. The maximum absolute atomic E-state index is 8.82. The molecule has 0 radical (unpaired) electrons. The van der Waals surface area contributed by atoms with E-state index in [4.69, 9.17) is 28.5 Å². The summed E-state index contributed by atoms with van der Waals surface area (Å²) in [5.74, 6) is 0. The molecule has 0 aromatic heterocycles. The second-order valence-electron chi connectivity index (χ2n) is 2.88. The summed E-state index contributed by atoms with van der Waals surface area (Å²) in [5, 5.41) is 12.5. The van der Waals surface area contributed by atoms with Crippen LogP contribution in [0.5, 0.6) is 0 Å². The van der Waals surface area contributed by atoms with Gasteiger partial charge in [-0.25, -0.2) is 0 Å². The maximum Gasteiger partial charge on any atom is 0.111 e. The molecule has 1 fully saturated rings. The Morgan fingerprint density at radius 3 is 3.15 bits per heavy atom. The van der Waals surface area contributed by atoms with Crippen LogP contribution in [0.15, 0.2) is 10.6 Å². The lowest BCUT2D eigenvalue weighted by molar-refractivity contribution is 0.216. The molecule has 72 valence electrons. The molecule has 0 aromatic carbocycles. The summed E-state index contributed by atoms with van der Waals surface area (Å²) >= 11 is 11.2. The molecule has 5 heteroatoms. The van der Waals surface area contributed by atoms with Crippen LogP contribution >= 0.6 is 23.2 Å². The van der Waals surface area contributed by atoms with Gasteiger partial charge in [0.05, 0.1) is 6.07 Å². The molecule has 0 aliphatic carbocycles. The zero-order valence-corrected chi connectivity index (χ0v) is 8.65. The van der Waals surface area contributed by atoms with Crippen molar-refractivity contribution in [1.82, 2.24) is 10.2 Å². The minimum atomic E-state index is -0.0980. The van der Waals surface area contributed by atoms with Gasteiger partial charge < -0.3 is 5.32 Å². The molecule has 0 spiro atoms.